The number of nitrogens with zero attached hydrogens (tertiary/aromatic N) is 2. The summed E-state index contributed by atoms with van der Waals surface area (Å²) in [6, 6.07) is 5.85. The van der Waals surface area contributed by atoms with Gasteiger partial charge in [-0.2, -0.15) is 0 Å². The minimum atomic E-state index is 0.668. The van der Waals surface area contributed by atoms with E-state index in [0.29, 0.717) is 6.04 Å². The number of pyridine rings is 1. The van der Waals surface area contributed by atoms with Crippen molar-refractivity contribution < 1.29 is 0 Å². The van der Waals surface area contributed by atoms with Gasteiger partial charge in [0.15, 0.2) is 0 Å². The van der Waals surface area contributed by atoms with Crippen molar-refractivity contribution in [1.82, 2.24) is 10.3 Å². The van der Waals surface area contributed by atoms with Crippen LogP contribution in [0.4, 0.5) is 5.69 Å². The lowest BCUT2D eigenvalue weighted by Gasteiger charge is -2.38. The summed E-state index contributed by atoms with van der Waals surface area (Å²) in [6.45, 7) is 4.41. The molecule has 1 unspecified atom stereocenters. The molecule has 2 fully saturated rings. The van der Waals surface area contributed by atoms with Gasteiger partial charge in [0, 0.05) is 42.8 Å². The fourth-order valence-electron chi connectivity index (χ4n) is 2.85. The molecule has 1 atom stereocenters. The van der Waals surface area contributed by atoms with E-state index in [2.05, 4.69) is 34.3 Å². The molecular weight excluding hydrogens is 222 g/mol. The molecule has 0 bridgehead atoms. The average molecular weight is 245 g/mol. The smallest absolute Gasteiger partial charge is 0.0414 e. The predicted molar refractivity (Wildman–Crippen MR) is 75.0 cm³/mol. The maximum Gasteiger partial charge on any atom is 0.0414 e. The number of aryl methyl sites for hydroxylation is 1. The molecular formula is C15H23N3. The first-order valence-electron chi connectivity index (χ1n) is 7.25. The highest BCUT2D eigenvalue weighted by molar-refractivity contribution is 5.48. The lowest BCUT2D eigenvalue weighted by Crippen LogP contribution is -2.46. The Labute approximate surface area is 110 Å². The summed E-state index contributed by atoms with van der Waals surface area (Å²) in [5, 5.41) is 3.68. The minimum Gasteiger partial charge on any atom is -0.367 e. The second kappa shape index (κ2) is 5.27. The van der Waals surface area contributed by atoms with Crippen LogP contribution >= 0.6 is 0 Å². The van der Waals surface area contributed by atoms with E-state index in [1.807, 2.05) is 6.20 Å². The second-order valence-corrected chi connectivity index (χ2v) is 5.68. The quantitative estimate of drug-likeness (QED) is 0.883. The van der Waals surface area contributed by atoms with E-state index in [1.165, 1.54) is 44.3 Å². The van der Waals surface area contributed by atoms with Gasteiger partial charge < -0.3 is 10.2 Å². The van der Waals surface area contributed by atoms with Crippen molar-refractivity contribution in [2.24, 2.45) is 0 Å². The summed E-state index contributed by atoms with van der Waals surface area (Å²) >= 11 is 0. The molecule has 1 aliphatic carbocycles. The fourth-order valence-corrected chi connectivity index (χ4v) is 2.85. The number of hydrogen-bond donors (Lipinski definition) is 1. The van der Waals surface area contributed by atoms with Gasteiger partial charge in [0.05, 0.1) is 0 Å². The van der Waals surface area contributed by atoms with Crippen molar-refractivity contribution in [1.29, 1.82) is 0 Å². The Morgan fingerprint density at radius 3 is 3.00 bits per heavy atom. The van der Waals surface area contributed by atoms with Crippen LogP contribution in [-0.4, -0.2) is 30.2 Å². The van der Waals surface area contributed by atoms with Gasteiger partial charge >= 0.3 is 0 Å². The molecule has 1 aliphatic heterocycles. The largest absolute Gasteiger partial charge is 0.367 e. The van der Waals surface area contributed by atoms with Gasteiger partial charge in [-0.3, -0.25) is 4.98 Å². The number of hydrogen-bond acceptors (Lipinski definition) is 3. The second-order valence-electron chi connectivity index (χ2n) is 5.68. The molecule has 0 aromatic carbocycles. The molecule has 98 valence electrons. The van der Waals surface area contributed by atoms with E-state index in [1.54, 1.807) is 0 Å². The highest BCUT2D eigenvalue weighted by Gasteiger charge is 2.26. The molecule has 1 aromatic rings. The van der Waals surface area contributed by atoms with Crippen molar-refractivity contribution in [2.75, 3.05) is 18.0 Å². The Balaban J connectivity index is 1.69. The zero-order chi connectivity index (χ0) is 12.4. The summed E-state index contributed by atoms with van der Waals surface area (Å²) in [5.74, 6) is 0. The topological polar surface area (TPSA) is 28.2 Å². The Bertz CT molecular complexity index is 400. The van der Waals surface area contributed by atoms with E-state index in [0.717, 1.165) is 18.3 Å². The molecule has 2 heterocycles. The van der Waals surface area contributed by atoms with Gasteiger partial charge in [-0.05, 0) is 51.2 Å². The van der Waals surface area contributed by atoms with Crippen LogP contribution in [0.1, 0.15) is 37.8 Å². The summed E-state index contributed by atoms with van der Waals surface area (Å²) in [5.41, 5.74) is 2.47. The molecule has 3 heteroatoms. The SMILES string of the molecule is Cc1cc(N2CCCCC2CNC2CC2)ccn1. The predicted octanol–water partition coefficient (Wildman–Crippen LogP) is 2.50. The van der Waals surface area contributed by atoms with Crippen LogP contribution in [0, 0.1) is 6.92 Å². The minimum absolute atomic E-state index is 0.668. The number of nitrogens with one attached hydrogen (secondary N) is 1. The number of piperidine rings is 1. The van der Waals surface area contributed by atoms with E-state index in [9.17, 15) is 0 Å². The lowest BCUT2D eigenvalue weighted by atomic mass is 10.0. The molecule has 0 radical (unpaired) electrons. The third-order valence-electron chi connectivity index (χ3n) is 4.06. The molecule has 1 aromatic heterocycles. The Hall–Kier alpha value is -1.09. The molecule has 1 saturated carbocycles. The third-order valence-corrected chi connectivity index (χ3v) is 4.06. The van der Waals surface area contributed by atoms with Gasteiger partial charge in [-0.25, -0.2) is 0 Å². The molecule has 3 nitrogen and oxygen atoms in total. The fraction of sp³-hybridized carbons (Fsp3) is 0.667. The lowest BCUT2D eigenvalue weighted by molar-refractivity contribution is 0.434. The van der Waals surface area contributed by atoms with Gasteiger partial charge in [0.25, 0.3) is 0 Å². The number of aromatic nitrogens is 1. The number of rotatable bonds is 4. The summed E-state index contributed by atoms with van der Waals surface area (Å²) in [7, 11) is 0. The molecule has 3 rings (SSSR count). The molecule has 0 spiro atoms. The van der Waals surface area contributed by atoms with E-state index in [-0.39, 0.29) is 0 Å². The van der Waals surface area contributed by atoms with Crippen LogP contribution < -0.4 is 10.2 Å². The van der Waals surface area contributed by atoms with Crippen molar-refractivity contribution in [3.05, 3.63) is 24.0 Å². The maximum atomic E-state index is 4.30. The van der Waals surface area contributed by atoms with E-state index < -0.39 is 0 Å². The van der Waals surface area contributed by atoms with Crippen molar-refractivity contribution in [3.63, 3.8) is 0 Å². The Morgan fingerprint density at radius 2 is 2.22 bits per heavy atom. The van der Waals surface area contributed by atoms with Crippen LogP contribution in [0.15, 0.2) is 18.3 Å². The standard InChI is InChI=1S/C15H23N3/c1-12-10-14(7-8-16-12)18-9-3-2-4-15(18)11-17-13-5-6-13/h7-8,10,13,15,17H,2-6,9,11H2,1H3. The van der Waals surface area contributed by atoms with Gasteiger partial charge in [0.2, 0.25) is 0 Å². The molecule has 0 amide bonds. The highest BCUT2D eigenvalue weighted by atomic mass is 15.2. The normalized spacial score (nSPS) is 24.3. The van der Waals surface area contributed by atoms with Crippen LogP contribution in [0.25, 0.3) is 0 Å². The molecule has 18 heavy (non-hydrogen) atoms. The number of anilines is 1. The Morgan fingerprint density at radius 1 is 1.33 bits per heavy atom. The molecule has 1 saturated heterocycles. The van der Waals surface area contributed by atoms with Gasteiger partial charge in [-0.1, -0.05) is 0 Å². The first kappa shape index (κ1) is 12.0. The van der Waals surface area contributed by atoms with Crippen molar-refractivity contribution >= 4 is 5.69 Å². The monoisotopic (exact) mass is 245 g/mol. The van der Waals surface area contributed by atoms with Crippen molar-refractivity contribution in [3.8, 4) is 0 Å². The van der Waals surface area contributed by atoms with E-state index in [4.69, 9.17) is 0 Å². The van der Waals surface area contributed by atoms with Gasteiger partial charge in [0.1, 0.15) is 0 Å². The average Bonchev–Trinajstić information content (AvgIpc) is 3.21. The van der Waals surface area contributed by atoms with E-state index >= 15 is 0 Å². The molecule has 2 aliphatic rings. The maximum absolute atomic E-state index is 4.30. The zero-order valence-electron chi connectivity index (χ0n) is 11.2. The van der Waals surface area contributed by atoms with Crippen LogP contribution in [0.3, 0.4) is 0 Å². The first-order chi connectivity index (χ1) is 8.83. The Kier molecular flexibility index (Phi) is 3.50. The highest BCUT2D eigenvalue weighted by Crippen LogP contribution is 2.26. The van der Waals surface area contributed by atoms with Gasteiger partial charge in [-0.15, -0.1) is 0 Å². The summed E-state index contributed by atoms with van der Waals surface area (Å²) in [4.78, 5) is 6.88. The van der Waals surface area contributed by atoms with Crippen LogP contribution in [0.5, 0.6) is 0 Å². The van der Waals surface area contributed by atoms with Crippen molar-refractivity contribution in [2.45, 2.75) is 51.1 Å². The third kappa shape index (κ3) is 2.83. The van der Waals surface area contributed by atoms with Crippen LogP contribution in [0.2, 0.25) is 0 Å². The molecule has 1 N–H and O–H groups in total. The zero-order valence-corrected chi connectivity index (χ0v) is 11.2. The van der Waals surface area contributed by atoms with Crippen LogP contribution in [-0.2, 0) is 0 Å². The summed E-state index contributed by atoms with van der Waals surface area (Å²) < 4.78 is 0. The summed E-state index contributed by atoms with van der Waals surface area (Å²) in [6.07, 6.45) is 8.70. The first-order valence-corrected chi connectivity index (χ1v) is 7.25.